The highest BCUT2D eigenvalue weighted by Gasteiger charge is 2.19. The van der Waals surface area contributed by atoms with Crippen LogP contribution in [0.25, 0.3) is 5.70 Å². The Labute approximate surface area is 107 Å². The van der Waals surface area contributed by atoms with Crippen molar-refractivity contribution >= 4 is 21.6 Å². The molecule has 0 atom stereocenters. The lowest BCUT2D eigenvalue weighted by Crippen LogP contribution is -2.24. The first-order chi connectivity index (χ1) is 8.15. The number of hydrogen-bond acceptors (Lipinski definition) is 4. The molecule has 6 nitrogen and oxygen atoms in total. The molecule has 0 amide bonds. The first-order valence-electron chi connectivity index (χ1n) is 5.21. The lowest BCUT2D eigenvalue weighted by Gasteiger charge is -2.17. The Hall–Kier alpha value is -1.21. The first-order valence-corrected chi connectivity index (χ1v) is 6.01. The van der Waals surface area contributed by atoms with Gasteiger partial charge < -0.3 is 4.74 Å². The maximum atomic E-state index is 11.8. The molecule has 0 aliphatic heterocycles. The Balaban J connectivity index is 2.54. The van der Waals surface area contributed by atoms with Crippen molar-refractivity contribution in [3.05, 3.63) is 26.6 Å². The SMILES string of the molecule is COCC1=C(n2nnn(C)c2=O)CCC=C1Br. The molecule has 0 unspecified atom stereocenters. The van der Waals surface area contributed by atoms with Gasteiger partial charge in [0.15, 0.2) is 0 Å². The minimum atomic E-state index is -0.240. The topological polar surface area (TPSA) is 61.9 Å². The summed E-state index contributed by atoms with van der Waals surface area (Å²) in [5.74, 6) is 0. The van der Waals surface area contributed by atoms with Crippen LogP contribution in [0.5, 0.6) is 0 Å². The fraction of sp³-hybridized carbons (Fsp3) is 0.500. The van der Waals surface area contributed by atoms with E-state index in [4.69, 9.17) is 4.74 Å². The Morgan fingerprint density at radius 3 is 2.88 bits per heavy atom. The predicted octanol–water partition coefficient (Wildman–Crippen LogP) is 0.907. The molecule has 0 saturated carbocycles. The van der Waals surface area contributed by atoms with E-state index in [-0.39, 0.29) is 5.69 Å². The summed E-state index contributed by atoms with van der Waals surface area (Å²) in [4.78, 5) is 11.8. The number of hydrogen-bond donors (Lipinski definition) is 0. The number of ether oxygens (including phenoxy) is 1. The molecule has 0 spiro atoms. The van der Waals surface area contributed by atoms with Crippen LogP contribution in [0.4, 0.5) is 0 Å². The molecule has 2 rings (SSSR count). The number of methoxy groups -OCH3 is 1. The summed E-state index contributed by atoms with van der Waals surface area (Å²) in [6.07, 6.45) is 3.69. The van der Waals surface area contributed by atoms with Gasteiger partial charge in [0.1, 0.15) is 0 Å². The number of tetrazole rings is 1. The van der Waals surface area contributed by atoms with E-state index in [1.54, 1.807) is 14.2 Å². The van der Waals surface area contributed by atoms with Crippen molar-refractivity contribution in [1.82, 2.24) is 19.8 Å². The maximum absolute atomic E-state index is 11.8. The molecular weight excluding hydrogens is 288 g/mol. The van der Waals surface area contributed by atoms with Crippen molar-refractivity contribution < 1.29 is 4.74 Å². The average molecular weight is 301 g/mol. The van der Waals surface area contributed by atoms with Gasteiger partial charge in [-0.15, -0.1) is 0 Å². The number of halogens is 1. The van der Waals surface area contributed by atoms with Crippen molar-refractivity contribution in [2.75, 3.05) is 13.7 Å². The third-order valence-corrected chi connectivity index (χ3v) is 3.41. The summed E-state index contributed by atoms with van der Waals surface area (Å²) in [6.45, 7) is 0.440. The van der Waals surface area contributed by atoms with Crippen LogP contribution in [0.15, 0.2) is 20.9 Å². The van der Waals surface area contributed by atoms with E-state index in [2.05, 4.69) is 32.4 Å². The van der Waals surface area contributed by atoms with E-state index in [0.29, 0.717) is 6.61 Å². The highest BCUT2D eigenvalue weighted by Crippen LogP contribution is 2.30. The third-order valence-electron chi connectivity index (χ3n) is 2.61. The molecule has 17 heavy (non-hydrogen) atoms. The van der Waals surface area contributed by atoms with Gasteiger partial charge in [-0.05, 0) is 23.3 Å². The number of rotatable bonds is 3. The minimum absolute atomic E-state index is 0.240. The molecule has 1 aliphatic rings. The molecule has 0 saturated heterocycles. The van der Waals surface area contributed by atoms with Gasteiger partial charge in [-0.25, -0.2) is 4.79 Å². The van der Waals surface area contributed by atoms with Gasteiger partial charge in [-0.3, -0.25) is 0 Å². The average Bonchev–Trinajstić information content (AvgIpc) is 2.63. The summed E-state index contributed by atoms with van der Waals surface area (Å²) in [6, 6.07) is 0. The molecule has 1 aliphatic carbocycles. The quantitative estimate of drug-likeness (QED) is 0.832. The van der Waals surface area contributed by atoms with Crippen LogP contribution in [-0.2, 0) is 11.8 Å². The summed E-state index contributed by atoms with van der Waals surface area (Å²) >= 11 is 3.48. The van der Waals surface area contributed by atoms with Crippen molar-refractivity contribution in [2.24, 2.45) is 7.05 Å². The van der Waals surface area contributed by atoms with E-state index in [1.165, 1.54) is 9.36 Å². The van der Waals surface area contributed by atoms with Crippen molar-refractivity contribution in [3.8, 4) is 0 Å². The monoisotopic (exact) mass is 300 g/mol. The van der Waals surface area contributed by atoms with Crippen molar-refractivity contribution in [2.45, 2.75) is 12.8 Å². The number of aryl methyl sites for hydroxylation is 1. The van der Waals surface area contributed by atoms with E-state index in [0.717, 1.165) is 28.6 Å². The van der Waals surface area contributed by atoms with Gasteiger partial charge in [0, 0.05) is 24.2 Å². The largest absolute Gasteiger partial charge is 0.380 e. The van der Waals surface area contributed by atoms with Crippen molar-refractivity contribution in [1.29, 1.82) is 0 Å². The minimum Gasteiger partial charge on any atom is -0.380 e. The van der Waals surface area contributed by atoms with Gasteiger partial charge in [0.25, 0.3) is 0 Å². The molecule has 0 aromatic carbocycles. The molecule has 0 fully saturated rings. The molecule has 0 N–H and O–H groups in total. The molecule has 7 heteroatoms. The highest BCUT2D eigenvalue weighted by molar-refractivity contribution is 9.12. The fourth-order valence-corrected chi connectivity index (χ4v) is 2.33. The molecule has 0 bridgehead atoms. The van der Waals surface area contributed by atoms with Crippen LogP contribution in [0.3, 0.4) is 0 Å². The lowest BCUT2D eigenvalue weighted by molar-refractivity contribution is 0.227. The summed E-state index contributed by atoms with van der Waals surface area (Å²) in [7, 11) is 3.20. The second kappa shape index (κ2) is 4.97. The van der Waals surface area contributed by atoms with Gasteiger partial charge in [0.05, 0.1) is 12.3 Å². The molecule has 1 aromatic heterocycles. The normalized spacial score (nSPS) is 16.3. The van der Waals surface area contributed by atoms with Gasteiger partial charge in [-0.2, -0.15) is 9.36 Å². The number of allylic oxidation sites excluding steroid dienone is 2. The first kappa shape index (κ1) is 12.3. The molecular formula is C10H13BrN4O2. The Morgan fingerprint density at radius 2 is 2.29 bits per heavy atom. The second-order valence-corrected chi connectivity index (χ2v) is 4.60. The molecule has 1 aromatic rings. The Kier molecular flexibility index (Phi) is 3.58. The van der Waals surface area contributed by atoms with Gasteiger partial charge in [0.2, 0.25) is 0 Å². The number of aromatic nitrogens is 4. The van der Waals surface area contributed by atoms with E-state index in [9.17, 15) is 4.79 Å². The van der Waals surface area contributed by atoms with Crippen LogP contribution in [-0.4, -0.2) is 33.5 Å². The molecule has 92 valence electrons. The molecule has 1 heterocycles. The fourth-order valence-electron chi connectivity index (χ4n) is 1.76. The zero-order chi connectivity index (χ0) is 12.4. The Bertz CT molecular complexity index is 541. The van der Waals surface area contributed by atoms with Crippen molar-refractivity contribution in [3.63, 3.8) is 0 Å². The van der Waals surface area contributed by atoms with E-state index in [1.807, 2.05) is 0 Å². The third kappa shape index (κ3) is 2.25. The standard InChI is InChI=1S/C10H13BrN4O2/c1-14-10(16)15(13-12-14)9-5-3-4-8(11)7(9)6-17-2/h4H,3,5-6H2,1-2H3. The Morgan fingerprint density at radius 1 is 1.53 bits per heavy atom. The number of nitrogens with zero attached hydrogens (tertiary/aromatic N) is 4. The summed E-state index contributed by atoms with van der Waals surface area (Å²) in [5, 5.41) is 7.58. The zero-order valence-electron chi connectivity index (χ0n) is 9.68. The second-order valence-electron chi connectivity index (χ2n) is 3.75. The van der Waals surface area contributed by atoms with Gasteiger partial charge in [-0.1, -0.05) is 22.0 Å². The van der Waals surface area contributed by atoms with Crippen LogP contribution >= 0.6 is 15.9 Å². The lowest BCUT2D eigenvalue weighted by atomic mass is 10.0. The van der Waals surface area contributed by atoms with E-state index >= 15 is 0 Å². The highest BCUT2D eigenvalue weighted by atomic mass is 79.9. The molecule has 0 radical (unpaired) electrons. The van der Waals surface area contributed by atoms with E-state index < -0.39 is 0 Å². The smallest absolute Gasteiger partial charge is 0.367 e. The summed E-state index contributed by atoms with van der Waals surface area (Å²) < 4.78 is 8.66. The van der Waals surface area contributed by atoms with Gasteiger partial charge >= 0.3 is 5.69 Å². The zero-order valence-corrected chi connectivity index (χ0v) is 11.3. The maximum Gasteiger partial charge on any atom is 0.367 e. The van der Waals surface area contributed by atoms with Crippen LogP contribution < -0.4 is 5.69 Å². The van der Waals surface area contributed by atoms with Crippen LogP contribution in [0.2, 0.25) is 0 Å². The van der Waals surface area contributed by atoms with Crippen LogP contribution in [0.1, 0.15) is 12.8 Å². The van der Waals surface area contributed by atoms with Crippen LogP contribution in [0, 0.1) is 0 Å². The predicted molar refractivity (Wildman–Crippen MR) is 66.6 cm³/mol. The summed E-state index contributed by atoms with van der Waals surface area (Å²) in [5.41, 5.74) is 1.55.